The van der Waals surface area contributed by atoms with Gasteiger partial charge in [-0.05, 0) is 17.5 Å². The van der Waals surface area contributed by atoms with E-state index in [0.29, 0.717) is 6.42 Å². The van der Waals surface area contributed by atoms with Crippen molar-refractivity contribution in [2.45, 2.75) is 27.2 Å². The Balaban J connectivity index is 2.42. The maximum absolute atomic E-state index is 11.5. The summed E-state index contributed by atoms with van der Waals surface area (Å²) in [6, 6.07) is 5.00. The molecule has 92 valence electrons. The smallest absolute Gasteiger partial charge is 0.273 e. The van der Waals surface area contributed by atoms with Crippen molar-refractivity contribution in [2.24, 2.45) is 5.41 Å². The highest BCUT2D eigenvalue weighted by atomic mass is 16.2. The van der Waals surface area contributed by atoms with Crippen molar-refractivity contribution in [2.75, 3.05) is 0 Å². The molecule has 2 N–H and O–H groups in total. The summed E-state index contributed by atoms with van der Waals surface area (Å²) in [5, 5.41) is 0. The van der Waals surface area contributed by atoms with E-state index in [1.165, 1.54) is 6.20 Å². The van der Waals surface area contributed by atoms with E-state index in [1.807, 2.05) is 20.8 Å². The number of hydrazine groups is 1. The summed E-state index contributed by atoms with van der Waals surface area (Å²) in [5.74, 6) is -0.644. The lowest BCUT2D eigenvalue weighted by Gasteiger charge is -2.17. The molecule has 2 amide bonds. The van der Waals surface area contributed by atoms with Gasteiger partial charge in [0.15, 0.2) is 0 Å². The molecule has 5 nitrogen and oxygen atoms in total. The molecule has 0 spiro atoms. The number of carbonyl (C=O) groups is 2. The van der Waals surface area contributed by atoms with Crippen LogP contribution in [0.2, 0.25) is 0 Å². The van der Waals surface area contributed by atoms with Crippen LogP contribution in [0.3, 0.4) is 0 Å². The molecule has 1 heterocycles. The van der Waals surface area contributed by atoms with Crippen LogP contribution < -0.4 is 10.9 Å². The highest BCUT2D eigenvalue weighted by Crippen LogP contribution is 2.17. The predicted molar refractivity (Wildman–Crippen MR) is 63.9 cm³/mol. The summed E-state index contributed by atoms with van der Waals surface area (Å²) in [7, 11) is 0. The number of hydrogen-bond acceptors (Lipinski definition) is 3. The van der Waals surface area contributed by atoms with Crippen molar-refractivity contribution in [1.29, 1.82) is 0 Å². The van der Waals surface area contributed by atoms with E-state index in [1.54, 1.807) is 18.2 Å². The zero-order chi connectivity index (χ0) is 12.9. The van der Waals surface area contributed by atoms with Crippen LogP contribution in [-0.4, -0.2) is 16.8 Å². The van der Waals surface area contributed by atoms with Crippen LogP contribution in [0.4, 0.5) is 0 Å². The Morgan fingerprint density at radius 1 is 1.24 bits per heavy atom. The molecule has 1 aromatic rings. The molecule has 0 aliphatic carbocycles. The molecule has 17 heavy (non-hydrogen) atoms. The van der Waals surface area contributed by atoms with E-state index in [9.17, 15) is 9.59 Å². The fourth-order valence-corrected chi connectivity index (χ4v) is 1.21. The van der Waals surface area contributed by atoms with Crippen molar-refractivity contribution < 1.29 is 9.59 Å². The Kier molecular flexibility index (Phi) is 4.20. The van der Waals surface area contributed by atoms with E-state index >= 15 is 0 Å². The minimum atomic E-state index is -0.423. The second-order valence-corrected chi connectivity index (χ2v) is 4.95. The summed E-state index contributed by atoms with van der Waals surface area (Å²) in [4.78, 5) is 26.8. The largest absolute Gasteiger partial charge is 0.288 e. The van der Waals surface area contributed by atoms with Crippen molar-refractivity contribution in [3.05, 3.63) is 30.1 Å². The first-order valence-electron chi connectivity index (χ1n) is 5.39. The van der Waals surface area contributed by atoms with E-state index < -0.39 is 5.91 Å². The topological polar surface area (TPSA) is 71.1 Å². The maximum Gasteiger partial charge on any atom is 0.288 e. The van der Waals surface area contributed by atoms with Crippen LogP contribution in [0.5, 0.6) is 0 Å². The van der Waals surface area contributed by atoms with Crippen LogP contribution in [0, 0.1) is 5.41 Å². The molecule has 0 unspecified atom stereocenters. The Bertz CT molecular complexity index is 396. The first-order valence-corrected chi connectivity index (χ1v) is 5.39. The summed E-state index contributed by atoms with van der Waals surface area (Å²) < 4.78 is 0. The van der Waals surface area contributed by atoms with E-state index in [4.69, 9.17) is 0 Å². The Hall–Kier alpha value is -1.91. The van der Waals surface area contributed by atoms with Crippen LogP contribution >= 0.6 is 0 Å². The number of hydrogen-bond donors (Lipinski definition) is 2. The van der Waals surface area contributed by atoms with Crippen LogP contribution in [0.25, 0.3) is 0 Å². The van der Waals surface area contributed by atoms with E-state index in [2.05, 4.69) is 15.8 Å². The Labute approximate surface area is 101 Å². The van der Waals surface area contributed by atoms with Crippen molar-refractivity contribution in [3.63, 3.8) is 0 Å². The molecule has 0 aliphatic heterocycles. The summed E-state index contributed by atoms with van der Waals surface area (Å²) in [5.41, 5.74) is 4.84. The fourth-order valence-electron chi connectivity index (χ4n) is 1.21. The van der Waals surface area contributed by atoms with Gasteiger partial charge in [-0.25, -0.2) is 0 Å². The molecule has 0 bridgehead atoms. The maximum atomic E-state index is 11.5. The van der Waals surface area contributed by atoms with Gasteiger partial charge in [-0.15, -0.1) is 0 Å². The van der Waals surface area contributed by atoms with Crippen molar-refractivity contribution in [1.82, 2.24) is 15.8 Å². The van der Waals surface area contributed by atoms with E-state index in [-0.39, 0.29) is 17.0 Å². The van der Waals surface area contributed by atoms with E-state index in [0.717, 1.165) is 0 Å². The number of rotatable bonds is 2. The average molecular weight is 235 g/mol. The first kappa shape index (κ1) is 13.2. The highest BCUT2D eigenvalue weighted by Gasteiger charge is 2.16. The van der Waals surface area contributed by atoms with Gasteiger partial charge in [0.05, 0.1) is 0 Å². The summed E-state index contributed by atoms with van der Waals surface area (Å²) in [6.45, 7) is 5.85. The third-order valence-electron chi connectivity index (χ3n) is 1.90. The molecular formula is C12H17N3O2. The van der Waals surface area contributed by atoms with Crippen molar-refractivity contribution in [3.8, 4) is 0 Å². The van der Waals surface area contributed by atoms with Gasteiger partial charge in [0, 0.05) is 12.6 Å². The van der Waals surface area contributed by atoms with Crippen molar-refractivity contribution >= 4 is 11.8 Å². The molecule has 0 saturated carbocycles. The molecule has 1 aromatic heterocycles. The summed E-state index contributed by atoms with van der Waals surface area (Å²) >= 11 is 0. The first-order chi connectivity index (χ1) is 7.88. The molecule has 1 rings (SSSR count). The number of carbonyl (C=O) groups excluding carboxylic acids is 2. The van der Waals surface area contributed by atoms with Gasteiger partial charge >= 0.3 is 0 Å². The Morgan fingerprint density at radius 3 is 2.47 bits per heavy atom. The second kappa shape index (κ2) is 5.43. The molecule has 5 heteroatoms. The third kappa shape index (κ3) is 5.10. The van der Waals surface area contributed by atoms with Gasteiger partial charge < -0.3 is 0 Å². The average Bonchev–Trinajstić information content (AvgIpc) is 2.25. The molecule has 0 aromatic carbocycles. The SMILES string of the molecule is CC(C)(C)CC(=O)NNC(=O)c1ccccn1. The lowest BCUT2D eigenvalue weighted by atomic mass is 9.92. The minimum Gasteiger partial charge on any atom is -0.273 e. The van der Waals surface area contributed by atoms with Gasteiger partial charge in [0.1, 0.15) is 5.69 Å². The van der Waals surface area contributed by atoms with Gasteiger partial charge in [-0.2, -0.15) is 0 Å². The fraction of sp³-hybridized carbons (Fsp3) is 0.417. The predicted octanol–water partition coefficient (Wildman–Crippen LogP) is 1.28. The zero-order valence-corrected chi connectivity index (χ0v) is 10.3. The molecule has 0 fully saturated rings. The second-order valence-electron chi connectivity index (χ2n) is 4.95. The van der Waals surface area contributed by atoms with Gasteiger partial charge in [-0.3, -0.25) is 25.4 Å². The third-order valence-corrected chi connectivity index (χ3v) is 1.90. The minimum absolute atomic E-state index is 0.111. The lowest BCUT2D eigenvalue weighted by Crippen LogP contribution is -2.43. The molecule has 0 atom stereocenters. The number of amides is 2. The summed E-state index contributed by atoms with van der Waals surface area (Å²) in [6.07, 6.45) is 1.86. The Morgan fingerprint density at radius 2 is 1.94 bits per heavy atom. The quantitative estimate of drug-likeness (QED) is 0.758. The number of nitrogens with one attached hydrogen (secondary N) is 2. The molecule has 0 aliphatic rings. The van der Waals surface area contributed by atoms with Crippen LogP contribution in [-0.2, 0) is 4.79 Å². The van der Waals surface area contributed by atoms with Crippen LogP contribution in [0.1, 0.15) is 37.7 Å². The molecule has 0 radical (unpaired) electrons. The number of aromatic nitrogens is 1. The van der Waals surface area contributed by atoms with Crippen LogP contribution in [0.15, 0.2) is 24.4 Å². The van der Waals surface area contributed by atoms with Gasteiger partial charge in [0.25, 0.3) is 5.91 Å². The number of pyridine rings is 1. The lowest BCUT2D eigenvalue weighted by molar-refractivity contribution is -0.123. The normalized spacial score (nSPS) is 10.8. The van der Waals surface area contributed by atoms with Gasteiger partial charge in [-0.1, -0.05) is 26.8 Å². The zero-order valence-electron chi connectivity index (χ0n) is 10.3. The monoisotopic (exact) mass is 235 g/mol. The molecular weight excluding hydrogens is 218 g/mol. The highest BCUT2D eigenvalue weighted by molar-refractivity contribution is 5.93. The standard InChI is InChI=1S/C12H17N3O2/c1-12(2,3)8-10(16)14-15-11(17)9-6-4-5-7-13-9/h4-7H,8H2,1-3H3,(H,14,16)(H,15,17). The van der Waals surface area contributed by atoms with Gasteiger partial charge in [0.2, 0.25) is 5.91 Å². The number of nitrogens with zero attached hydrogens (tertiary/aromatic N) is 1. The molecule has 0 saturated heterocycles.